The van der Waals surface area contributed by atoms with Crippen molar-refractivity contribution < 1.29 is 9.31 Å². The summed E-state index contributed by atoms with van der Waals surface area (Å²) in [7, 11) is -0.346. The van der Waals surface area contributed by atoms with Gasteiger partial charge in [0.2, 0.25) is 0 Å². The third kappa shape index (κ3) is 3.18. The Morgan fingerprint density at radius 3 is 2.39 bits per heavy atom. The molecule has 122 valence electrons. The largest absolute Gasteiger partial charge is 0.495 e. The summed E-state index contributed by atoms with van der Waals surface area (Å²) in [6.07, 6.45) is 3.46. The standard InChI is InChI=1S/C17H22BClN2O2/c1-12-6-7-13(10-21-11-14(19)9-20-21)8-15(12)18-22-16(2,3)17(4,5)23-18/h6-9,11H,10H2,1-5H3. The molecule has 0 spiro atoms. The molecular weight excluding hydrogens is 310 g/mol. The molecule has 23 heavy (non-hydrogen) atoms. The van der Waals surface area contributed by atoms with Crippen molar-refractivity contribution in [2.45, 2.75) is 52.4 Å². The van der Waals surface area contributed by atoms with Crippen LogP contribution in [-0.4, -0.2) is 28.1 Å². The Balaban J connectivity index is 1.87. The predicted molar refractivity (Wildman–Crippen MR) is 93.2 cm³/mol. The van der Waals surface area contributed by atoms with Crippen LogP contribution in [0.3, 0.4) is 0 Å². The third-order valence-corrected chi connectivity index (χ3v) is 4.99. The van der Waals surface area contributed by atoms with E-state index in [9.17, 15) is 0 Å². The van der Waals surface area contributed by atoms with Crippen LogP contribution in [0.2, 0.25) is 5.02 Å². The molecule has 1 aromatic carbocycles. The van der Waals surface area contributed by atoms with E-state index < -0.39 is 0 Å². The zero-order valence-electron chi connectivity index (χ0n) is 14.3. The van der Waals surface area contributed by atoms with Gasteiger partial charge in [0.1, 0.15) is 0 Å². The van der Waals surface area contributed by atoms with Crippen LogP contribution in [0.5, 0.6) is 0 Å². The first-order valence-electron chi connectivity index (χ1n) is 7.81. The molecule has 0 unspecified atom stereocenters. The molecular formula is C17H22BClN2O2. The molecule has 0 bridgehead atoms. The molecule has 3 rings (SSSR count). The Morgan fingerprint density at radius 1 is 1.17 bits per heavy atom. The van der Waals surface area contributed by atoms with Crippen molar-refractivity contribution in [3.63, 3.8) is 0 Å². The average Bonchev–Trinajstić information content (AvgIpc) is 2.93. The Hall–Kier alpha value is -1.30. The number of benzene rings is 1. The highest BCUT2D eigenvalue weighted by Gasteiger charge is 2.52. The van der Waals surface area contributed by atoms with Gasteiger partial charge in [0.25, 0.3) is 0 Å². The lowest BCUT2D eigenvalue weighted by Crippen LogP contribution is -2.41. The lowest BCUT2D eigenvalue weighted by molar-refractivity contribution is 0.00578. The Kier molecular flexibility index (Phi) is 4.07. The molecule has 1 aliphatic heterocycles. The minimum atomic E-state index is -0.346. The van der Waals surface area contributed by atoms with Crippen LogP contribution in [0, 0.1) is 6.92 Å². The summed E-state index contributed by atoms with van der Waals surface area (Å²) >= 11 is 5.93. The first-order valence-corrected chi connectivity index (χ1v) is 8.19. The van der Waals surface area contributed by atoms with Crippen molar-refractivity contribution in [3.05, 3.63) is 46.7 Å². The number of aromatic nitrogens is 2. The van der Waals surface area contributed by atoms with Gasteiger partial charge in [-0.15, -0.1) is 0 Å². The van der Waals surface area contributed by atoms with Crippen LogP contribution in [0.15, 0.2) is 30.6 Å². The fraction of sp³-hybridized carbons (Fsp3) is 0.471. The summed E-state index contributed by atoms with van der Waals surface area (Å²) in [6.45, 7) is 11.0. The zero-order chi connectivity index (χ0) is 16.8. The topological polar surface area (TPSA) is 36.3 Å². The Morgan fingerprint density at radius 2 is 1.83 bits per heavy atom. The average molecular weight is 333 g/mol. The van der Waals surface area contributed by atoms with E-state index in [1.54, 1.807) is 6.20 Å². The van der Waals surface area contributed by atoms with Gasteiger partial charge in [0.05, 0.1) is 29.0 Å². The second-order valence-corrected chi connectivity index (χ2v) is 7.57. The zero-order valence-corrected chi connectivity index (χ0v) is 15.0. The molecule has 2 heterocycles. The minimum absolute atomic E-state index is 0.338. The van der Waals surface area contributed by atoms with Crippen LogP contribution in [0.4, 0.5) is 0 Å². The van der Waals surface area contributed by atoms with Crippen LogP contribution in [0.25, 0.3) is 0 Å². The third-order valence-electron chi connectivity index (χ3n) is 4.80. The van der Waals surface area contributed by atoms with E-state index in [0.29, 0.717) is 11.6 Å². The number of hydrogen-bond donors (Lipinski definition) is 0. The second kappa shape index (κ2) is 5.65. The fourth-order valence-corrected chi connectivity index (χ4v) is 2.78. The number of hydrogen-bond acceptors (Lipinski definition) is 3. The summed E-state index contributed by atoms with van der Waals surface area (Å²) in [4.78, 5) is 0. The molecule has 1 aliphatic rings. The van der Waals surface area contributed by atoms with Gasteiger partial charge in [-0.2, -0.15) is 5.10 Å². The predicted octanol–water partition coefficient (Wildman–Crippen LogP) is 3.19. The van der Waals surface area contributed by atoms with E-state index >= 15 is 0 Å². The summed E-state index contributed by atoms with van der Waals surface area (Å²) < 4.78 is 14.2. The van der Waals surface area contributed by atoms with E-state index in [-0.39, 0.29) is 18.3 Å². The fourth-order valence-electron chi connectivity index (χ4n) is 2.62. The van der Waals surface area contributed by atoms with Crippen molar-refractivity contribution in [3.8, 4) is 0 Å². The Bertz CT molecular complexity index is 711. The van der Waals surface area contributed by atoms with E-state index in [1.165, 1.54) is 0 Å². The number of halogens is 1. The first kappa shape index (κ1) is 16.6. The van der Waals surface area contributed by atoms with Crippen molar-refractivity contribution in [1.82, 2.24) is 9.78 Å². The molecule has 4 nitrogen and oxygen atoms in total. The maximum atomic E-state index is 6.17. The minimum Gasteiger partial charge on any atom is -0.399 e. The highest BCUT2D eigenvalue weighted by Crippen LogP contribution is 2.36. The Labute approximate surface area is 142 Å². The summed E-state index contributed by atoms with van der Waals surface area (Å²) in [5.74, 6) is 0. The highest BCUT2D eigenvalue weighted by atomic mass is 35.5. The lowest BCUT2D eigenvalue weighted by Gasteiger charge is -2.32. The van der Waals surface area contributed by atoms with Gasteiger partial charge in [0.15, 0.2) is 0 Å². The van der Waals surface area contributed by atoms with Gasteiger partial charge in [-0.3, -0.25) is 4.68 Å². The quantitative estimate of drug-likeness (QED) is 0.810. The smallest absolute Gasteiger partial charge is 0.399 e. The van der Waals surface area contributed by atoms with Crippen molar-refractivity contribution in [2.75, 3.05) is 0 Å². The number of nitrogens with zero attached hydrogens (tertiary/aromatic N) is 2. The highest BCUT2D eigenvalue weighted by molar-refractivity contribution is 6.62. The van der Waals surface area contributed by atoms with Gasteiger partial charge >= 0.3 is 7.12 Å². The van der Waals surface area contributed by atoms with E-state index in [2.05, 4.69) is 57.9 Å². The summed E-state index contributed by atoms with van der Waals surface area (Å²) in [5.41, 5.74) is 2.69. The van der Waals surface area contributed by atoms with E-state index in [1.807, 2.05) is 10.9 Å². The summed E-state index contributed by atoms with van der Waals surface area (Å²) in [6, 6.07) is 6.33. The van der Waals surface area contributed by atoms with Gasteiger partial charge < -0.3 is 9.31 Å². The number of rotatable bonds is 3. The van der Waals surface area contributed by atoms with Crippen molar-refractivity contribution in [2.24, 2.45) is 0 Å². The normalized spacial score (nSPS) is 19.3. The van der Waals surface area contributed by atoms with Gasteiger partial charge in [-0.1, -0.05) is 35.4 Å². The van der Waals surface area contributed by atoms with Crippen LogP contribution in [-0.2, 0) is 15.9 Å². The molecule has 2 aromatic rings. The van der Waals surface area contributed by atoms with E-state index in [0.717, 1.165) is 16.6 Å². The summed E-state index contributed by atoms with van der Waals surface area (Å²) in [5, 5.41) is 4.87. The first-order chi connectivity index (χ1) is 10.7. The monoisotopic (exact) mass is 332 g/mol. The number of aryl methyl sites for hydroxylation is 1. The van der Waals surface area contributed by atoms with Crippen LogP contribution in [0.1, 0.15) is 38.8 Å². The van der Waals surface area contributed by atoms with Crippen molar-refractivity contribution in [1.29, 1.82) is 0 Å². The van der Waals surface area contributed by atoms with Crippen molar-refractivity contribution >= 4 is 24.2 Å². The molecule has 0 atom stereocenters. The molecule has 0 saturated carbocycles. The SMILES string of the molecule is Cc1ccc(Cn2cc(Cl)cn2)cc1B1OC(C)(C)C(C)(C)O1. The maximum Gasteiger partial charge on any atom is 0.495 e. The molecule has 0 amide bonds. The molecule has 0 N–H and O–H groups in total. The molecule has 1 aromatic heterocycles. The second-order valence-electron chi connectivity index (χ2n) is 7.14. The molecule has 1 saturated heterocycles. The molecule has 1 fully saturated rings. The lowest BCUT2D eigenvalue weighted by atomic mass is 9.75. The van der Waals surface area contributed by atoms with Gasteiger partial charge in [0, 0.05) is 6.20 Å². The molecule has 0 aliphatic carbocycles. The molecule has 0 radical (unpaired) electrons. The van der Waals surface area contributed by atoms with E-state index in [4.69, 9.17) is 20.9 Å². The van der Waals surface area contributed by atoms with Gasteiger partial charge in [-0.25, -0.2) is 0 Å². The molecule has 6 heteroatoms. The van der Waals surface area contributed by atoms with Crippen LogP contribution < -0.4 is 5.46 Å². The maximum absolute atomic E-state index is 6.17. The van der Waals surface area contributed by atoms with Crippen LogP contribution >= 0.6 is 11.6 Å². The van der Waals surface area contributed by atoms with Gasteiger partial charge in [-0.05, 0) is 45.6 Å².